The molecule has 100 valence electrons. The van der Waals surface area contributed by atoms with Crippen LogP contribution in [0.15, 0.2) is 24.3 Å². The van der Waals surface area contributed by atoms with Crippen molar-refractivity contribution >= 4 is 11.7 Å². The van der Waals surface area contributed by atoms with Crippen molar-refractivity contribution in [3.05, 3.63) is 29.8 Å². The van der Waals surface area contributed by atoms with Gasteiger partial charge in [-0.15, -0.1) is 0 Å². The van der Waals surface area contributed by atoms with Crippen molar-refractivity contribution in [1.29, 1.82) is 0 Å². The Hall–Kier alpha value is -1.63. The van der Waals surface area contributed by atoms with Gasteiger partial charge in [-0.3, -0.25) is 4.84 Å². The monoisotopic (exact) mass is 253 g/mol. The Morgan fingerprint density at radius 2 is 2.00 bits per heavy atom. The van der Waals surface area contributed by atoms with Crippen molar-refractivity contribution in [2.24, 2.45) is 5.73 Å². The van der Waals surface area contributed by atoms with Crippen LogP contribution < -0.4 is 16.5 Å². The highest BCUT2D eigenvalue weighted by molar-refractivity contribution is 5.87. The molecule has 0 saturated heterocycles. The lowest BCUT2D eigenvalue weighted by Crippen LogP contribution is -2.21. The number of hydroxylamine groups is 1. The number of ether oxygens (including phenoxy) is 1. The Kier molecular flexibility index (Phi) is 6.13. The molecule has 1 atom stereocenters. The second-order valence-corrected chi connectivity index (χ2v) is 3.79. The number of carbonyl (C=O) groups excluding carboxylic acids is 1. The van der Waals surface area contributed by atoms with Gasteiger partial charge < -0.3 is 15.8 Å². The van der Waals surface area contributed by atoms with E-state index in [-0.39, 0.29) is 6.04 Å². The summed E-state index contributed by atoms with van der Waals surface area (Å²) in [5, 5.41) is 2.50. The van der Waals surface area contributed by atoms with Gasteiger partial charge in [-0.1, -0.05) is 12.1 Å². The maximum absolute atomic E-state index is 10.7. The van der Waals surface area contributed by atoms with Crippen LogP contribution in [0.3, 0.4) is 0 Å². The number of rotatable bonds is 7. The van der Waals surface area contributed by atoms with Crippen molar-refractivity contribution < 1.29 is 14.4 Å². The minimum absolute atomic E-state index is 0.0458. The smallest absolute Gasteiger partial charge is 0.316 e. The Balaban J connectivity index is 2.43. The molecule has 0 spiro atoms. The van der Waals surface area contributed by atoms with Gasteiger partial charge in [0, 0.05) is 12.8 Å². The Bertz CT molecular complexity index is 367. The summed E-state index contributed by atoms with van der Waals surface area (Å²) in [6.45, 7) is 3.01. The van der Waals surface area contributed by atoms with E-state index in [0.29, 0.717) is 18.9 Å². The van der Waals surface area contributed by atoms with Crippen LogP contribution in [-0.2, 0) is 9.57 Å². The van der Waals surface area contributed by atoms with E-state index in [9.17, 15) is 4.79 Å². The zero-order valence-electron chi connectivity index (χ0n) is 10.6. The van der Waals surface area contributed by atoms with Crippen LogP contribution in [0.2, 0.25) is 0 Å². The zero-order valence-corrected chi connectivity index (χ0v) is 10.6. The maximum atomic E-state index is 10.7. The standard InChI is InChI=1S/C12H19N3O3/c1-9(15-18-8-7-17-2)10-3-5-11(6-4-10)14-12(13)16/h3-6,9,15H,7-8H2,1-2H3,(H3,13,14,16). The van der Waals surface area contributed by atoms with E-state index in [1.54, 1.807) is 19.2 Å². The van der Waals surface area contributed by atoms with Gasteiger partial charge in [0.25, 0.3) is 0 Å². The predicted octanol–water partition coefficient (Wildman–Crippen LogP) is 1.41. The molecule has 0 fully saturated rings. The average Bonchev–Trinajstić information content (AvgIpc) is 2.34. The van der Waals surface area contributed by atoms with E-state index in [1.165, 1.54) is 0 Å². The molecule has 1 aromatic rings. The highest BCUT2D eigenvalue weighted by Gasteiger charge is 2.05. The lowest BCUT2D eigenvalue weighted by molar-refractivity contribution is -0.00924. The fourth-order valence-corrected chi connectivity index (χ4v) is 1.37. The van der Waals surface area contributed by atoms with Crippen LogP contribution in [0.4, 0.5) is 10.5 Å². The molecule has 2 amide bonds. The van der Waals surface area contributed by atoms with E-state index >= 15 is 0 Å². The fraction of sp³-hybridized carbons (Fsp3) is 0.417. The molecule has 6 heteroatoms. The first-order valence-electron chi connectivity index (χ1n) is 5.66. The number of nitrogens with one attached hydrogen (secondary N) is 2. The second kappa shape index (κ2) is 7.65. The number of urea groups is 1. The number of nitrogens with two attached hydrogens (primary N) is 1. The van der Waals surface area contributed by atoms with Gasteiger partial charge in [-0.25, -0.2) is 4.79 Å². The summed E-state index contributed by atoms with van der Waals surface area (Å²) in [4.78, 5) is 15.9. The molecule has 0 bridgehead atoms. The molecule has 6 nitrogen and oxygen atoms in total. The maximum Gasteiger partial charge on any atom is 0.316 e. The number of amides is 2. The summed E-state index contributed by atoms with van der Waals surface area (Å²) >= 11 is 0. The van der Waals surface area contributed by atoms with E-state index in [0.717, 1.165) is 5.56 Å². The van der Waals surface area contributed by atoms with Gasteiger partial charge in [0.2, 0.25) is 0 Å². The third-order valence-electron chi connectivity index (χ3n) is 2.33. The molecular weight excluding hydrogens is 234 g/mol. The summed E-state index contributed by atoms with van der Waals surface area (Å²) in [5.74, 6) is 0. The lowest BCUT2D eigenvalue weighted by Gasteiger charge is -2.14. The van der Waals surface area contributed by atoms with Gasteiger partial charge in [-0.2, -0.15) is 5.48 Å². The molecule has 0 saturated carbocycles. The lowest BCUT2D eigenvalue weighted by atomic mass is 10.1. The first-order valence-corrected chi connectivity index (χ1v) is 5.66. The second-order valence-electron chi connectivity index (χ2n) is 3.79. The molecule has 4 N–H and O–H groups in total. The quantitative estimate of drug-likeness (QED) is 0.506. The van der Waals surface area contributed by atoms with Crippen LogP contribution in [0.25, 0.3) is 0 Å². The van der Waals surface area contributed by atoms with Crippen LogP contribution in [0.5, 0.6) is 0 Å². The van der Waals surface area contributed by atoms with Crippen LogP contribution in [0.1, 0.15) is 18.5 Å². The highest BCUT2D eigenvalue weighted by Crippen LogP contribution is 2.15. The van der Waals surface area contributed by atoms with Crippen molar-refractivity contribution in [2.75, 3.05) is 25.6 Å². The van der Waals surface area contributed by atoms with Crippen molar-refractivity contribution in [1.82, 2.24) is 5.48 Å². The summed E-state index contributed by atoms with van der Waals surface area (Å²) in [6.07, 6.45) is 0. The third kappa shape index (κ3) is 5.13. The van der Waals surface area contributed by atoms with Gasteiger partial charge >= 0.3 is 6.03 Å². The summed E-state index contributed by atoms with van der Waals surface area (Å²) in [5.41, 5.74) is 9.63. The zero-order chi connectivity index (χ0) is 13.4. The van der Waals surface area contributed by atoms with Crippen molar-refractivity contribution in [3.8, 4) is 0 Å². The van der Waals surface area contributed by atoms with E-state index in [2.05, 4.69) is 10.8 Å². The largest absolute Gasteiger partial charge is 0.382 e. The number of hydrogen-bond acceptors (Lipinski definition) is 4. The molecule has 1 unspecified atom stereocenters. The number of primary amides is 1. The number of methoxy groups -OCH3 is 1. The first-order chi connectivity index (χ1) is 8.63. The van der Waals surface area contributed by atoms with E-state index < -0.39 is 6.03 Å². The summed E-state index contributed by atoms with van der Waals surface area (Å²) in [7, 11) is 1.62. The normalized spacial score (nSPS) is 12.1. The molecule has 18 heavy (non-hydrogen) atoms. The van der Waals surface area contributed by atoms with Gasteiger partial charge in [0.1, 0.15) is 0 Å². The highest BCUT2D eigenvalue weighted by atomic mass is 16.7. The Labute approximate surface area is 106 Å². The van der Waals surface area contributed by atoms with Crippen molar-refractivity contribution in [2.45, 2.75) is 13.0 Å². The molecule has 0 aliphatic heterocycles. The Morgan fingerprint density at radius 1 is 1.33 bits per heavy atom. The molecule has 0 aliphatic rings. The Morgan fingerprint density at radius 3 is 2.56 bits per heavy atom. The molecular formula is C12H19N3O3. The number of anilines is 1. The SMILES string of the molecule is COCCONC(C)c1ccc(NC(N)=O)cc1. The summed E-state index contributed by atoms with van der Waals surface area (Å²) in [6, 6.07) is 6.83. The van der Waals surface area contributed by atoms with Gasteiger partial charge in [-0.05, 0) is 24.6 Å². The number of hydrogen-bond donors (Lipinski definition) is 3. The van der Waals surface area contributed by atoms with Crippen LogP contribution >= 0.6 is 0 Å². The minimum atomic E-state index is -0.572. The van der Waals surface area contributed by atoms with Crippen molar-refractivity contribution in [3.63, 3.8) is 0 Å². The third-order valence-corrected chi connectivity index (χ3v) is 2.33. The molecule has 0 heterocycles. The molecule has 0 aliphatic carbocycles. The van der Waals surface area contributed by atoms with Gasteiger partial charge in [0.05, 0.1) is 19.3 Å². The average molecular weight is 253 g/mol. The van der Waals surface area contributed by atoms with Crippen LogP contribution in [-0.4, -0.2) is 26.4 Å². The van der Waals surface area contributed by atoms with E-state index in [1.807, 2.05) is 19.1 Å². The van der Waals surface area contributed by atoms with Gasteiger partial charge in [0.15, 0.2) is 0 Å². The first kappa shape index (κ1) is 14.4. The van der Waals surface area contributed by atoms with Crippen LogP contribution in [0, 0.1) is 0 Å². The molecule has 0 aromatic heterocycles. The van der Waals surface area contributed by atoms with E-state index in [4.69, 9.17) is 15.3 Å². The number of carbonyl (C=O) groups is 1. The predicted molar refractivity (Wildman–Crippen MR) is 69.0 cm³/mol. The fourth-order valence-electron chi connectivity index (χ4n) is 1.37. The summed E-state index contributed by atoms with van der Waals surface area (Å²) < 4.78 is 4.87. The minimum Gasteiger partial charge on any atom is -0.382 e. The molecule has 1 aromatic carbocycles. The number of benzene rings is 1. The topological polar surface area (TPSA) is 85.6 Å². The molecule has 0 radical (unpaired) electrons. The molecule has 1 rings (SSSR count).